The number of hydrogen-bond acceptors (Lipinski definition) is 6. The molecule has 0 fully saturated rings. The van der Waals surface area contributed by atoms with E-state index in [9.17, 15) is 14.7 Å². The van der Waals surface area contributed by atoms with Gasteiger partial charge in [0, 0.05) is 30.9 Å². The molecule has 1 amide bonds. The molecule has 0 bridgehead atoms. The highest BCUT2D eigenvalue weighted by atomic mass is 35.5. The summed E-state index contributed by atoms with van der Waals surface area (Å²) in [6.45, 7) is 3.40. The highest BCUT2D eigenvalue weighted by Gasteiger charge is 2.21. The maximum Gasteiger partial charge on any atom is 0.227 e. The van der Waals surface area contributed by atoms with Crippen LogP contribution in [0.4, 0.5) is 0 Å². The Labute approximate surface area is 205 Å². The molecule has 2 N–H and O–H groups in total. The van der Waals surface area contributed by atoms with Crippen LogP contribution in [0, 0.1) is 6.92 Å². The van der Waals surface area contributed by atoms with E-state index in [1.54, 1.807) is 30.5 Å². The fourth-order valence-corrected chi connectivity index (χ4v) is 4.09. The van der Waals surface area contributed by atoms with E-state index >= 15 is 0 Å². The highest BCUT2D eigenvalue weighted by molar-refractivity contribution is 6.39. The summed E-state index contributed by atoms with van der Waals surface area (Å²) in [4.78, 5) is 28.6. The average molecular weight is 515 g/mol. The van der Waals surface area contributed by atoms with Crippen LogP contribution in [0.1, 0.15) is 19.0 Å². The van der Waals surface area contributed by atoms with E-state index in [4.69, 9.17) is 44.3 Å². The standard InChI is InChI=1S/C22H22Cl3N3O5/c1-11-6-17(30)19-21(16(25)9-27-22(19)32-5-4-18(31)26-3)28(11)20-14(23)7-13(8-15(20)24)33-10-12(2)29/h6-9,12,29H,4-5,10H2,1-3H3,(H,26,31). The molecule has 0 aliphatic carbocycles. The van der Waals surface area contributed by atoms with Crippen LogP contribution in [0.5, 0.6) is 11.6 Å². The maximum atomic E-state index is 12.9. The summed E-state index contributed by atoms with van der Waals surface area (Å²) in [7, 11) is 1.52. The summed E-state index contributed by atoms with van der Waals surface area (Å²) in [5, 5.41) is 12.7. The smallest absolute Gasteiger partial charge is 0.227 e. The van der Waals surface area contributed by atoms with Crippen LogP contribution >= 0.6 is 34.8 Å². The fraction of sp³-hybridized carbons (Fsp3) is 0.318. The minimum atomic E-state index is -0.666. The number of fused-ring (bicyclic) bond motifs is 1. The summed E-state index contributed by atoms with van der Waals surface area (Å²) < 4.78 is 12.8. The molecule has 8 nitrogen and oxygen atoms in total. The lowest BCUT2D eigenvalue weighted by molar-refractivity contribution is -0.121. The number of benzene rings is 1. The van der Waals surface area contributed by atoms with Gasteiger partial charge in [-0.25, -0.2) is 4.98 Å². The van der Waals surface area contributed by atoms with Gasteiger partial charge in [0.05, 0.1) is 51.6 Å². The summed E-state index contributed by atoms with van der Waals surface area (Å²) in [5.41, 5.74) is 0.869. The molecular weight excluding hydrogens is 493 g/mol. The first kappa shape index (κ1) is 25.1. The predicted molar refractivity (Wildman–Crippen MR) is 128 cm³/mol. The number of halogens is 3. The molecule has 0 radical (unpaired) electrons. The van der Waals surface area contributed by atoms with E-state index in [-0.39, 0.29) is 57.3 Å². The first-order chi connectivity index (χ1) is 15.6. The number of aryl methyl sites for hydroxylation is 1. The molecule has 33 heavy (non-hydrogen) atoms. The highest BCUT2D eigenvalue weighted by Crippen LogP contribution is 2.38. The van der Waals surface area contributed by atoms with Gasteiger partial charge < -0.3 is 24.5 Å². The summed E-state index contributed by atoms with van der Waals surface area (Å²) in [6.07, 6.45) is 0.783. The maximum absolute atomic E-state index is 12.9. The van der Waals surface area contributed by atoms with Gasteiger partial charge in [0.1, 0.15) is 17.7 Å². The van der Waals surface area contributed by atoms with Crippen LogP contribution in [0.2, 0.25) is 15.1 Å². The van der Waals surface area contributed by atoms with Crippen molar-refractivity contribution in [3.05, 3.63) is 55.4 Å². The second-order valence-electron chi connectivity index (χ2n) is 7.29. The number of nitrogens with zero attached hydrogens (tertiary/aromatic N) is 2. The number of carbonyl (C=O) groups is 1. The van der Waals surface area contributed by atoms with Crippen LogP contribution in [-0.4, -0.2) is 46.9 Å². The van der Waals surface area contributed by atoms with Crippen LogP contribution < -0.4 is 20.2 Å². The van der Waals surface area contributed by atoms with Crippen molar-refractivity contribution in [3.8, 4) is 17.3 Å². The molecule has 2 aromatic heterocycles. The number of ether oxygens (including phenoxy) is 2. The van der Waals surface area contributed by atoms with Gasteiger partial charge in [0.2, 0.25) is 11.8 Å². The van der Waals surface area contributed by atoms with Gasteiger partial charge in [-0.15, -0.1) is 0 Å². The van der Waals surface area contributed by atoms with Crippen molar-refractivity contribution in [3.63, 3.8) is 0 Å². The van der Waals surface area contributed by atoms with Gasteiger partial charge in [-0.05, 0) is 13.8 Å². The van der Waals surface area contributed by atoms with Crippen molar-refractivity contribution in [2.45, 2.75) is 26.4 Å². The predicted octanol–water partition coefficient (Wildman–Crippen LogP) is 3.93. The van der Waals surface area contributed by atoms with E-state index in [0.717, 1.165) is 0 Å². The molecule has 11 heteroatoms. The molecule has 3 aromatic rings. The molecule has 0 aliphatic rings. The van der Waals surface area contributed by atoms with Gasteiger partial charge in [0.15, 0.2) is 5.43 Å². The first-order valence-electron chi connectivity index (χ1n) is 9.98. The van der Waals surface area contributed by atoms with E-state index in [2.05, 4.69) is 10.3 Å². The first-order valence-corrected chi connectivity index (χ1v) is 11.1. The monoisotopic (exact) mass is 513 g/mol. The zero-order valence-electron chi connectivity index (χ0n) is 18.1. The number of aliphatic hydroxyl groups excluding tert-OH is 1. The largest absolute Gasteiger partial charge is 0.491 e. The number of rotatable bonds is 8. The zero-order valence-corrected chi connectivity index (χ0v) is 20.4. The SMILES string of the molecule is CNC(=O)CCOc1ncc(Cl)c2c1c(=O)cc(C)n2-c1c(Cl)cc(OCC(C)O)cc1Cl. The van der Waals surface area contributed by atoms with E-state index in [1.165, 1.54) is 19.3 Å². The quantitative estimate of drug-likeness (QED) is 0.472. The number of amides is 1. The normalized spacial score (nSPS) is 12.0. The Bertz CT molecular complexity index is 1240. The van der Waals surface area contributed by atoms with Gasteiger partial charge >= 0.3 is 0 Å². The number of pyridine rings is 2. The second kappa shape index (κ2) is 10.6. The molecule has 1 aromatic carbocycles. The van der Waals surface area contributed by atoms with Crippen molar-refractivity contribution in [2.75, 3.05) is 20.3 Å². The number of aliphatic hydroxyl groups is 1. The molecule has 0 saturated heterocycles. The molecule has 0 spiro atoms. The fourth-order valence-electron chi connectivity index (χ4n) is 3.22. The van der Waals surface area contributed by atoms with E-state index < -0.39 is 6.10 Å². The van der Waals surface area contributed by atoms with Crippen LogP contribution in [0.25, 0.3) is 16.6 Å². The Morgan fingerprint density at radius 3 is 2.45 bits per heavy atom. The van der Waals surface area contributed by atoms with Crippen LogP contribution in [0.3, 0.4) is 0 Å². The van der Waals surface area contributed by atoms with Gasteiger partial charge in [-0.3, -0.25) is 9.59 Å². The van der Waals surface area contributed by atoms with Gasteiger partial charge in [-0.2, -0.15) is 0 Å². The topological polar surface area (TPSA) is 103 Å². The van der Waals surface area contributed by atoms with Crippen molar-refractivity contribution in [1.29, 1.82) is 0 Å². The molecule has 2 heterocycles. The van der Waals surface area contributed by atoms with Crippen LogP contribution in [-0.2, 0) is 4.79 Å². The zero-order chi connectivity index (χ0) is 24.3. The Morgan fingerprint density at radius 2 is 1.85 bits per heavy atom. The lowest BCUT2D eigenvalue weighted by atomic mass is 10.2. The number of hydrogen-bond donors (Lipinski definition) is 2. The second-order valence-corrected chi connectivity index (χ2v) is 8.51. The lowest BCUT2D eigenvalue weighted by Gasteiger charge is -2.20. The van der Waals surface area contributed by atoms with E-state index in [0.29, 0.717) is 22.6 Å². The molecule has 176 valence electrons. The van der Waals surface area contributed by atoms with Crippen molar-refractivity contribution in [2.24, 2.45) is 0 Å². The lowest BCUT2D eigenvalue weighted by Crippen LogP contribution is -2.20. The average Bonchev–Trinajstić information content (AvgIpc) is 2.75. The summed E-state index contributed by atoms with van der Waals surface area (Å²) >= 11 is 19.6. The third-order valence-corrected chi connectivity index (χ3v) is 5.54. The molecule has 1 atom stereocenters. The third-order valence-electron chi connectivity index (χ3n) is 4.69. The van der Waals surface area contributed by atoms with Crippen molar-refractivity contribution >= 4 is 51.6 Å². The Balaban J connectivity index is 2.17. The molecule has 0 saturated carbocycles. The molecule has 3 rings (SSSR count). The third kappa shape index (κ3) is 5.52. The van der Waals surface area contributed by atoms with Crippen molar-refractivity contribution < 1.29 is 19.4 Å². The minimum Gasteiger partial charge on any atom is -0.491 e. The Morgan fingerprint density at radius 1 is 1.18 bits per heavy atom. The van der Waals surface area contributed by atoms with E-state index in [1.807, 2.05) is 0 Å². The minimum absolute atomic E-state index is 0.0214. The summed E-state index contributed by atoms with van der Waals surface area (Å²) in [5.74, 6) is 0.211. The van der Waals surface area contributed by atoms with Gasteiger partial charge in [-0.1, -0.05) is 34.8 Å². The Hall–Kier alpha value is -2.52. The number of aromatic nitrogens is 2. The molecule has 1 unspecified atom stereocenters. The number of nitrogens with one attached hydrogen (secondary N) is 1. The molecular formula is C22H22Cl3N3O5. The Kier molecular flexibility index (Phi) is 8.07. The van der Waals surface area contributed by atoms with Crippen molar-refractivity contribution in [1.82, 2.24) is 14.9 Å². The summed E-state index contributed by atoms with van der Waals surface area (Å²) in [6, 6.07) is 4.52. The van der Waals surface area contributed by atoms with Gasteiger partial charge in [0.25, 0.3) is 0 Å². The van der Waals surface area contributed by atoms with Crippen LogP contribution in [0.15, 0.2) is 29.2 Å². The molecule has 0 aliphatic heterocycles. The number of carbonyl (C=O) groups excluding carboxylic acids is 1.